The highest BCUT2D eigenvalue weighted by molar-refractivity contribution is 5.17. The first-order chi connectivity index (χ1) is 8.15. The third-order valence-corrected chi connectivity index (χ3v) is 4.24. The second-order valence-corrected chi connectivity index (χ2v) is 5.75. The zero-order valence-electron chi connectivity index (χ0n) is 10.6. The van der Waals surface area contributed by atoms with Crippen LogP contribution in [0.4, 0.5) is 0 Å². The Morgan fingerprint density at radius 2 is 2.06 bits per heavy atom. The van der Waals surface area contributed by atoms with Crippen LogP contribution in [0.2, 0.25) is 0 Å². The molecule has 0 N–H and O–H groups in total. The molecule has 0 spiro atoms. The Balaban J connectivity index is 1.98. The summed E-state index contributed by atoms with van der Waals surface area (Å²) in [6.45, 7) is 7.69. The van der Waals surface area contributed by atoms with Crippen molar-refractivity contribution in [2.75, 3.05) is 13.1 Å². The van der Waals surface area contributed by atoms with Gasteiger partial charge in [-0.15, -0.1) is 0 Å². The van der Waals surface area contributed by atoms with Gasteiger partial charge >= 0.3 is 0 Å². The molecular formula is C14H20N2O. The van der Waals surface area contributed by atoms with Crippen molar-refractivity contribution >= 4 is 0 Å². The number of piperidine rings is 1. The van der Waals surface area contributed by atoms with E-state index in [1.807, 2.05) is 10.6 Å². The van der Waals surface area contributed by atoms with Crippen LogP contribution >= 0.6 is 0 Å². The van der Waals surface area contributed by atoms with E-state index in [0.717, 1.165) is 19.6 Å². The van der Waals surface area contributed by atoms with Gasteiger partial charge in [-0.3, -0.25) is 9.69 Å². The lowest BCUT2D eigenvalue weighted by Crippen LogP contribution is -2.49. The van der Waals surface area contributed by atoms with Crippen LogP contribution in [-0.4, -0.2) is 28.6 Å². The molecule has 0 saturated carbocycles. The summed E-state index contributed by atoms with van der Waals surface area (Å²) in [7, 11) is 0. The largest absolute Gasteiger partial charge is 0.312 e. The van der Waals surface area contributed by atoms with Crippen molar-refractivity contribution in [2.45, 2.75) is 38.8 Å². The van der Waals surface area contributed by atoms with Crippen LogP contribution in [0.5, 0.6) is 0 Å². The average molecular weight is 232 g/mol. The van der Waals surface area contributed by atoms with Gasteiger partial charge in [-0.1, -0.05) is 6.07 Å². The number of hydrogen-bond acceptors (Lipinski definition) is 2. The lowest BCUT2D eigenvalue weighted by atomic mass is 9.82. The first-order valence-electron chi connectivity index (χ1n) is 6.59. The highest BCUT2D eigenvalue weighted by atomic mass is 16.1. The van der Waals surface area contributed by atoms with Crippen molar-refractivity contribution in [2.24, 2.45) is 5.92 Å². The van der Waals surface area contributed by atoms with E-state index in [0.29, 0.717) is 17.9 Å². The van der Waals surface area contributed by atoms with E-state index in [-0.39, 0.29) is 5.56 Å². The quantitative estimate of drug-likeness (QED) is 0.736. The summed E-state index contributed by atoms with van der Waals surface area (Å²) in [5.74, 6) is 1.21. The normalized spacial score (nSPS) is 28.2. The summed E-state index contributed by atoms with van der Waals surface area (Å²) in [5.41, 5.74) is 1.43. The standard InChI is InChI=1S/C14H20N2O/c1-10(2)15-7-11-6-12(9-15)13-4-3-5-14(17)16(13)8-11/h3-5,10-12H,6-9H2,1-2H3. The minimum absolute atomic E-state index is 0.176. The van der Waals surface area contributed by atoms with Crippen LogP contribution in [0.15, 0.2) is 23.0 Å². The van der Waals surface area contributed by atoms with Gasteiger partial charge in [0.25, 0.3) is 5.56 Å². The van der Waals surface area contributed by atoms with Crippen LogP contribution in [0.1, 0.15) is 31.9 Å². The second-order valence-electron chi connectivity index (χ2n) is 5.75. The molecule has 1 aromatic heterocycles. The fraction of sp³-hybridized carbons (Fsp3) is 0.643. The van der Waals surface area contributed by atoms with Gasteiger partial charge in [0, 0.05) is 43.4 Å². The van der Waals surface area contributed by atoms with Crippen LogP contribution in [0, 0.1) is 5.92 Å². The Hall–Kier alpha value is -1.09. The van der Waals surface area contributed by atoms with E-state index in [2.05, 4.69) is 24.8 Å². The van der Waals surface area contributed by atoms with E-state index in [4.69, 9.17) is 0 Å². The summed E-state index contributed by atoms with van der Waals surface area (Å²) in [4.78, 5) is 14.4. The molecule has 3 heterocycles. The summed E-state index contributed by atoms with van der Waals surface area (Å²) < 4.78 is 2.00. The molecule has 2 unspecified atom stereocenters. The molecule has 1 saturated heterocycles. The molecule has 2 aliphatic rings. The minimum Gasteiger partial charge on any atom is -0.312 e. The molecule has 3 heteroatoms. The van der Waals surface area contributed by atoms with E-state index in [1.165, 1.54) is 12.1 Å². The first kappa shape index (κ1) is 11.0. The van der Waals surface area contributed by atoms with Gasteiger partial charge in [-0.2, -0.15) is 0 Å². The van der Waals surface area contributed by atoms with Gasteiger partial charge in [-0.25, -0.2) is 0 Å². The molecular weight excluding hydrogens is 212 g/mol. The van der Waals surface area contributed by atoms with Crippen LogP contribution in [-0.2, 0) is 6.54 Å². The van der Waals surface area contributed by atoms with Crippen molar-refractivity contribution in [1.29, 1.82) is 0 Å². The molecule has 2 bridgehead atoms. The lowest BCUT2D eigenvalue weighted by Gasteiger charge is -2.44. The van der Waals surface area contributed by atoms with Crippen molar-refractivity contribution in [3.8, 4) is 0 Å². The molecule has 2 atom stereocenters. The number of rotatable bonds is 1. The maximum Gasteiger partial charge on any atom is 0.250 e. The van der Waals surface area contributed by atoms with Crippen LogP contribution < -0.4 is 5.56 Å². The Kier molecular flexibility index (Phi) is 2.58. The first-order valence-corrected chi connectivity index (χ1v) is 6.59. The Morgan fingerprint density at radius 3 is 2.82 bits per heavy atom. The van der Waals surface area contributed by atoms with Gasteiger partial charge in [0.15, 0.2) is 0 Å². The predicted molar refractivity (Wildman–Crippen MR) is 68.3 cm³/mol. The maximum absolute atomic E-state index is 11.9. The summed E-state index contributed by atoms with van der Waals surface area (Å²) in [6, 6.07) is 6.34. The van der Waals surface area contributed by atoms with E-state index < -0.39 is 0 Å². The zero-order valence-corrected chi connectivity index (χ0v) is 10.6. The van der Waals surface area contributed by atoms with Gasteiger partial charge in [0.1, 0.15) is 0 Å². The Bertz CT molecular complexity index is 477. The smallest absolute Gasteiger partial charge is 0.250 e. The van der Waals surface area contributed by atoms with Crippen molar-refractivity contribution in [3.63, 3.8) is 0 Å². The molecule has 92 valence electrons. The van der Waals surface area contributed by atoms with E-state index in [9.17, 15) is 4.79 Å². The van der Waals surface area contributed by atoms with Gasteiger partial charge in [0.05, 0.1) is 0 Å². The second kappa shape index (κ2) is 3.98. The third kappa shape index (κ3) is 1.82. The minimum atomic E-state index is 0.176. The number of fused-ring (bicyclic) bond motifs is 4. The topological polar surface area (TPSA) is 25.2 Å². The summed E-state index contributed by atoms with van der Waals surface area (Å²) in [6.07, 6.45) is 1.26. The van der Waals surface area contributed by atoms with Crippen LogP contribution in [0.3, 0.4) is 0 Å². The van der Waals surface area contributed by atoms with E-state index >= 15 is 0 Å². The molecule has 1 fully saturated rings. The van der Waals surface area contributed by atoms with Crippen molar-refractivity contribution < 1.29 is 0 Å². The van der Waals surface area contributed by atoms with Gasteiger partial charge in [0.2, 0.25) is 0 Å². The molecule has 3 rings (SSSR count). The maximum atomic E-state index is 11.9. The number of likely N-dealkylation sites (tertiary alicyclic amines) is 1. The fourth-order valence-electron chi connectivity index (χ4n) is 3.36. The van der Waals surface area contributed by atoms with E-state index in [1.54, 1.807) is 6.07 Å². The van der Waals surface area contributed by atoms with Crippen molar-refractivity contribution in [3.05, 3.63) is 34.2 Å². The summed E-state index contributed by atoms with van der Waals surface area (Å²) >= 11 is 0. The number of aromatic nitrogens is 1. The summed E-state index contributed by atoms with van der Waals surface area (Å²) in [5, 5.41) is 0. The molecule has 0 amide bonds. The number of hydrogen-bond donors (Lipinski definition) is 0. The van der Waals surface area contributed by atoms with Crippen molar-refractivity contribution in [1.82, 2.24) is 9.47 Å². The molecule has 2 aliphatic heterocycles. The predicted octanol–water partition coefficient (Wildman–Crippen LogP) is 1.68. The van der Waals surface area contributed by atoms with Crippen LogP contribution in [0.25, 0.3) is 0 Å². The lowest BCUT2D eigenvalue weighted by molar-refractivity contribution is 0.0943. The number of pyridine rings is 1. The molecule has 0 aliphatic carbocycles. The highest BCUT2D eigenvalue weighted by Gasteiger charge is 2.34. The third-order valence-electron chi connectivity index (χ3n) is 4.24. The monoisotopic (exact) mass is 232 g/mol. The van der Waals surface area contributed by atoms with Gasteiger partial charge in [-0.05, 0) is 32.3 Å². The SMILES string of the molecule is CC(C)N1CC2CC(C1)c1cccc(=O)n1C2. The Labute approximate surface area is 102 Å². The molecule has 0 aromatic carbocycles. The Morgan fingerprint density at radius 1 is 1.24 bits per heavy atom. The molecule has 3 nitrogen and oxygen atoms in total. The molecule has 0 radical (unpaired) electrons. The zero-order chi connectivity index (χ0) is 12.0. The highest BCUT2D eigenvalue weighted by Crippen LogP contribution is 2.35. The fourth-order valence-corrected chi connectivity index (χ4v) is 3.36. The molecule has 1 aromatic rings. The number of nitrogens with zero attached hydrogens (tertiary/aromatic N) is 2. The van der Waals surface area contributed by atoms with Gasteiger partial charge < -0.3 is 4.57 Å². The molecule has 17 heavy (non-hydrogen) atoms. The average Bonchev–Trinajstić information content (AvgIpc) is 2.30.